The SMILES string of the molecule is Cc1ccccc1C(C)NC(=O)CCNS(C)(=O)=O. The molecule has 1 aromatic carbocycles. The van der Waals surface area contributed by atoms with Gasteiger partial charge in [-0.25, -0.2) is 13.1 Å². The second-order valence-electron chi connectivity index (χ2n) is 4.56. The molecule has 1 aromatic rings. The standard InChI is InChI=1S/C13H20N2O3S/c1-10-6-4-5-7-12(10)11(2)15-13(16)8-9-14-19(3,17)18/h4-7,11,14H,8-9H2,1-3H3,(H,15,16). The molecule has 1 unspecified atom stereocenters. The molecule has 1 atom stereocenters. The van der Waals surface area contributed by atoms with Crippen LogP contribution in [0.5, 0.6) is 0 Å². The zero-order valence-corrected chi connectivity index (χ0v) is 12.3. The van der Waals surface area contributed by atoms with Crippen molar-refractivity contribution in [1.29, 1.82) is 0 Å². The van der Waals surface area contributed by atoms with Crippen molar-refractivity contribution in [2.45, 2.75) is 26.3 Å². The van der Waals surface area contributed by atoms with Crippen molar-refractivity contribution in [3.8, 4) is 0 Å². The van der Waals surface area contributed by atoms with E-state index in [-0.39, 0.29) is 24.9 Å². The second kappa shape index (κ2) is 6.68. The normalized spacial score (nSPS) is 13.0. The summed E-state index contributed by atoms with van der Waals surface area (Å²) in [5.41, 5.74) is 2.18. The van der Waals surface area contributed by atoms with Gasteiger partial charge in [-0.1, -0.05) is 24.3 Å². The predicted molar refractivity (Wildman–Crippen MR) is 75.2 cm³/mol. The number of carbonyl (C=O) groups is 1. The molecule has 0 radical (unpaired) electrons. The topological polar surface area (TPSA) is 75.3 Å². The van der Waals surface area contributed by atoms with Crippen LogP contribution in [0.25, 0.3) is 0 Å². The first-order chi connectivity index (χ1) is 8.79. The summed E-state index contributed by atoms with van der Waals surface area (Å²) in [6.07, 6.45) is 1.20. The average Bonchev–Trinajstić information content (AvgIpc) is 2.27. The number of nitrogens with one attached hydrogen (secondary N) is 2. The van der Waals surface area contributed by atoms with Gasteiger partial charge in [-0.2, -0.15) is 0 Å². The minimum atomic E-state index is -3.24. The Bertz CT molecular complexity index is 541. The molecule has 0 saturated heterocycles. The summed E-state index contributed by atoms with van der Waals surface area (Å²) >= 11 is 0. The van der Waals surface area contributed by atoms with Crippen LogP contribution in [0.15, 0.2) is 24.3 Å². The van der Waals surface area contributed by atoms with Crippen molar-refractivity contribution in [3.63, 3.8) is 0 Å². The molecule has 0 bridgehead atoms. The number of hydrogen-bond donors (Lipinski definition) is 2. The summed E-state index contributed by atoms with van der Waals surface area (Å²) in [6.45, 7) is 4.01. The summed E-state index contributed by atoms with van der Waals surface area (Å²) in [7, 11) is -3.24. The highest BCUT2D eigenvalue weighted by Gasteiger charge is 2.11. The summed E-state index contributed by atoms with van der Waals surface area (Å²) < 4.78 is 24.0. The third-order valence-corrected chi connectivity index (χ3v) is 3.48. The van der Waals surface area contributed by atoms with Gasteiger partial charge in [0.25, 0.3) is 0 Å². The van der Waals surface area contributed by atoms with Gasteiger partial charge in [-0.05, 0) is 25.0 Å². The van der Waals surface area contributed by atoms with Crippen LogP contribution in [0.2, 0.25) is 0 Å². The van der Waals surface area contributed by atoms with E-state index in [9.17, 15) is 13.2 Å². The van der Waals surface area contributed by atoms with E-state index < -0.39 is 10.0 Å². The van der Waals surface area contributed by atoms with Gasteiger partial charge in [-0.3, -0.25) is 4.79 Å². The maximum absolute atomic E-state index is 11.7. The van der Waals surface area contributed by atoms with E-state index in [4.69, 9.17) is 0 Å². The molecule has 5 nitrogen and oxygen atoms in total. The van der Waals surface area contributed by atoms with Crippen molar-refractivity contribution in [2.75, 3.05) is 12.8 Å². The molecule has 0 heterocycles. The van der Waals surface area contributed by atoms with Crippen molar-refractivity contribution in [3.05, 3.63) is 35.4 Å². The summed E-state index contributed by atoms with van der Waals surface area (Å²) in [4.78, 5) is 11.7. The molecule has 0 aromatic heterocycles. The highest BCUT2D eigenvalue weighted by Crippen LogP contribution is 2.16. The van der Waals surface area contributed by atoms with Crippen molar-refractivity contribution >= 4 is 15.9 Å². The first-order valence-corrected chi connectivity index (χ1v) is 7.98. The number of carbonyl (C=O) groups excluding carboxylic acids is 1. The van der Waals surface area contributed by atoms with Crippen LogP contribution in [-0.4, -0.2) is 27.1 Å². The van der Waals surface area contributed by atoms with Crippen LogP contribution < -0.4 is 10.0 Å². The molecule has 0 aliphatic carbocycles. The molecule has 1 rings (SSSR count). The maximum atomic E-state index is 11.7. The first-order valence-electron chi connectivity index (χ1n) is 6.09. The zero-order valence-electron chi connectivity index (χ0n) is 11.4. The van der Waals surface area contributed by atoms with Crippen molar-refractivity contribution in [2.24, 2.45) is 0 Å². The molecular weight excluding hydrogens is 264 g/mol. The molecule has 1 amide bonds. The molecule has 0 fully saturated rings. The maximum Gasteiger partial charge on any atom is 0.221 e. The van der Waals surface area contributed by atoms with Gasteiger partial charge in [0.2, 0.25) is 15.9 Å². The first kappa shape index (κ1) is 15.7. The fourth-order valence-corrected chi connectivity index (χ4v) is 2.29. The van der Waals surface area contributed by atoms with E-state index in [1.807, 2.05) is 38.1 Å². The Labute approximate surface area is 114 Å². The average molecular weight is 284 g/mol. The fraction of sp³-hybridized carbons (Fsp3) is 0.462. The molecule has 0 saturated carbocycles. The minimum Gasteiger partial charge on any atom is -0.350 e. The molecule has 0 spiro atoms. The van der Waals surface area contributed by atoms with Gasteiger partial charge in [-0.15, -0.1) is 0 Å². The van der Waals surface area contributed by atoms with Gasteiger partial charge in [0.1, 0.15) is 0 Å². The lowest BCUT2D eigenvalue weighted by Crippen LogP contribution is -2.31. The van der Waals surface area contributed by atoms with Crippen LogP contribution in [0, 0.1) is 6.92 Å². The summed E-state index contributed by atoms with van der Waals surface area (Å²) in [5.74, 6) is -0.174. The Morgan fingerprint density at radius 2 is 1.95 bits per heavy atom. The molecule has 106 valence electrons. The van der Waals surface area contributed by atoms with Crippen molar-refractivity contribution < 1.29 is 13.2 Å². The number of benzene rings is 1. The molecule has 0 aliphatic rings. The Morgan fingerprint density at radius 1 is 1.32 bits per heavy atom. The van der Waals surface area contributed by atoms with Gasteiger partial charge in [0, 0.05) is 13.0 Å². The Hall–Kier alpha value is -1.40. The Balaban J connectivity index is 2.47. The van der Waals surface area contributed by atoms with Crippen LogP contribution >= 0.6 is 0 Å². The Kier molecular flexibility index (Phi) is 5.50. The number of sulfonamides is 1. The van der Waals surface area contributed by atoms with Crippen molar-refractivity contribution in [1.82, 2.24) is 10.0 Å². The van der Waals surface area contributed by atoms with Crippen LogP contribution in [0.3, 0.4) is 0 Å². The third-order valence-electron chi connectivity index (χ3n) is 2.75. The van der Waals surface area contributed by atoms with Crippen LogP contribution in [0.4, 0.5) is 0 Å². The Morgan fingerprint density at radius 3 is 2.53 bits per heavy atom. The predicted octanol–water partition coefficient (Wildman–Crippen LogP) is 1.11. The van der Waals surface area contributed by atoms with Crippen LogP contribution in [0.1, 0.15) is 30.5 Å². The lowest BCUT2D eigenvalue weighted by Gasteiger charge is -2.16. The third kappa shape index (κ3) is 5.85. The molecular formula is C13H20N2O3S. The quantitative estimate of drug-likeness (QED) is 0.821. The summed E-state index contributed by atoms with van der Waals surface area (Å²) in [5, 5.41) is 2.85. The number of rotatable bonds is 6. The van der Waals surface area contributed by atoms with Crippen LogP contribution in [-0.2, 0) is 14.8 Å². The monoisotopic (exact) mass is 284 g/mol. The molecule has 2 N–H and O–H groups in total. The largest absolute Gasteiger partial charge is 0.350 e. The molecule has 19 heavy (non-hydrogen) atoms. The number of amides is 1. The van der Waals surface area contributed by atoms with Gasteiger partial charge in [0.15, 0.2) is 0 Å². The number of aryl methyl sites for hydroxylation is 1. The highest BCUT2D eigenvalue weighted by atomic mass is 32.2. The molecule has 6 heteroatoms. The van der Waals surface area contributed by atoms with E-state index in [1.165, 1.54) is 0 Å². The van der Waals surface area contributed by atoms with E-state index in [0.717, 1.165) is 17.4 Å². The van der Waals surface area contributed by atoms with E-state index in [0.29, 0.717) is 0 Å². The van der Waals surface area contributed by atoms with E-state index in [2.05, 4.69) is 10.0 Å². The van der Waals surface area contributed by atoms with Gasteiger partial charge < -0.3 is 5.32 Å². The summed E-state index contributed by atoms with van der Waals surface area (Å²) in [6, 6.07) is 7.74. The van der Waals surface area contributed by atoms with Gasteiger partial charge >= 0.3 is 0 Å². The molecule has 0 aliphatic heterocycles. The number of hydrogen-bond acceptors (Lipinski definition) is 3. The lowest BCUT2D eigenvalue weighted by molar-refractivity contribution is -0.121. The smallest absolute Gasteiger partial charge is 0.221 e. The van der Waals surface area contributed by atoms with Gasteiger partial charge in [0.05, 0.1) is 12.3 Å². The second-order valence-corrected chi connectivity index (χ2v) is 6.40. The highest BCUT2D eigenvalue weighted by molar-refractivity contribution is 7.88. The van der Waals surface area contributed by atoms with E-state index in [1.54, 1.807) is 0 Å². The minimum absolute atomic E-state index is 0.0908. The fourth-order valence-electron chi connectivity index (χ4n) is 1.81. The van der Waals surface area contributed by atoms with E-state index >= 15 is 0 Å². The zero-order chi connectivity index (χ0) is 14.5. The lowest BCUT2D eigenvalue weighted by atomic mass is 10.0.